The van der Waals surface area contributed by atoms with Gasteiger partial charge in [-0.3, -0.25) is 15.0 Å². The molecule has 8 heteroatoms. The van der Waals surface area contributed by atoms with E-state index < -0.39 is 7.12 Å². The van der Waals surface area contributed by atoms with Crippen LogP contribution in [0.3, 0.4) is 0 Å². The van der Waals surface area contributed by atoms with Gasteiger partial charge in [0.25, 0.3) is 0 Å². The molecule has 0 saturated carbocycles. The lowest BCUT2D eigenvalue weighted by Gasteiger charge is -2.32. The van der Waals surface area contributed by atoms with Gasteiger partial charge >= 0.3 is 7.12 Å². The van der Waals surface area contributed by atoms with E-state index in [9.17, 15) is 0 Å². The Bertz CT molecular complexity index is 2140. The minimum Gasteiger partial charge on any atom is -0.398 e. The fourth-order valence-corrected chi connectivity index (χ4v) is 5.83. The van der Waals surface area contributed by atoms with E-state index in [1.807, 2.05) is 48.8 Å². The van der Waals surface area contributed by atoms with Gasteiger partial charge in [0.1, 0.15) is 4.60 Å². The summed E-state index contributed by atoms with van der Waals surface area (Å²) in [6.45, 7) is 8.25. The second-order valence-electron chi connectivity index (χ2n) is 12.0. The molecule has 6 nitrogen and oxygen atoms in total. The van der Waals surface area contributed by atoms with Gasteiger partial charge in [0.15, 0.2) is 0 Å². The quantitative estimate of drug-likeness (QED) is 0.108. The van der Waals surface area contributed by atoms with Crippen molar-refractivity contribution >= 4 is 72.0 Å². The largest absolute Gasteiger partial charge is 0.514 e. The van der Waals surface area contributed by atoms with Crippen LogP contribution in [0.2, 0.25) is 0 Å². The molecule has 1 fully saturated rings. The SMILES string of the molecule is Brc1ccc(-c2ccncc2)cn1.CC1(C)OB(c2ccc3c(ccc4c3ccc3c5cccnc5ccc34)n2)OC1(C)C. The van der Waals surface area contributed by atoms with Gasteiger partial charge in [-0.05, 0) is 113 Å². The van der Waals surface area contributed by atoms with Crippen molar-refractivity contribution < 1.29 is 9.31 Å². The van der Waals surface area contributed by atoms with Crippen LogP contribution in [0.1, 0.15) is 27.7 Å². The summed E-state index contributed by atoms with van der Waals surface area (Å²) < 4.78 is 13.2. The van der Waals surface area contributed by atoms with Crippen LogP contribution in [0.4, 0.5) is 0 Å². The van der Waals surface area contributed by atoms with Crippen LogP contribution in [0, 0.1) is 0 Å². The van der Waals surface area contributed by atoms with Crippen LogP contribution >= 0.6 is 15.9 Å². The van der Waals surface area contributed by atoms with E-state index in [0.717, 1.165) is 37.7 Å². The molecule has 3 aromatic carbocycles. The standard InChI is InChI=1S/C26H23BN2O2.C10H7BrN2/c1-25(2)26(3,4)31-27(30-25)24-14-11-21-19-8-7-18-16(17(19)10-13-23(21)29-24)9-12-22-20(18)6-5-15-28-22;11-10-2-1-9(7-13-10)8-3-5-12-6-4-8/h5-15H,1-4H3;1-7H. The molecular weight excluding hydrogens is 611 g/mol. The lowest BCUT2D eigenvalue weighted by molar-refractivity contribution is 0.00578. The molecule has 0 atom stereocenters. The maximum atomic E-state index is 6.19. The van der Waals surface area contributed by atoms with Gasteiger partial charge in [0.05, 0.1) is 27.8 Å². The molecule has 0 bridgehead atoms. The van der Waals surface area contributed by atoms with E-state index in [1.54, 1.807) is 12.4 Å². The Morgan fingerprint density at radius 2 is 1.16 bits per heavy atom. The number of rotatable bonds is 2. The van der Waals surface area contributed by atoms with Gasteiger partial charge in [0.2, 0.25) is 0 Å². The second kappa shape index (κ2) is 11.0. The van der Waals surface area contributed by atoms with Crippen LogP contribution in [-0.2, 0) is 9.31 Å². The third-order valence-electron chi connectivity index (χ3n) is 8.70. The minimum absolute atomic E-state index is 0.381. The molecule has 4 aromatic heterocycles. The predicted octanol–water partition coefficient (Wildman–Crippen LogP) is 8.29. The molecule has 0 amide bonds. The smallest absolute Gasteiger partial charge is 0.398 e. The lowest BCUT2D eigenvalue weighted by Crippen LogP contribution is -2.41. The van der Waals surface area contributed by atoms with Crippen molar-refractivity contribution in [3.05, 3.63) is 114 Å². The van der Waals surface area contributed by atoms with E-state index in [1.165, 1.54) is 26.9 Å². The number of benzene rings is 3. The summed E-state index contributed by atoms with van der Waals surface area (Å²) in [5.41, 5.74) is 4.25. The monoisotopic (exact) mass is 640 g/mol. The number of fused-ring (bicyclic) bond motifs is 7. The fourth-order valence-electron chi connectivity index (χ4n) is 5.60. The molecule has 0 N–H and O–H groups in total. The summed E-state index contributed by atoms with van der Waals surface area (Å²) in [6.07, 6.45) is 7.22. The van der Waals surface area contributed by atoms with Crippen LogP contribution in [0.25, 0.3) is 54.5 Å². The molecule has 0 aliphatic carbocycles. The summed E-state index contributed by atoms with van der Waals surface area (Å²) in [4.78, 5) is 17.5. The van der Waals surface area contributed by atoms with Crippen molar-refractivity contribution in [2.75, 3.05) is 0 Å². The average Bonchev–Trinajstić information content (AvgIpc) is 3.27. The zero-order chi connectivity index (χ0) is 30.5. The Morgan fingerprint density at radius 1 is 0.568 bits per heavy atom. The van der Waals surface area contributed by atoms with Crippen LogP contribution in [-0.4, -0.2) is 38.3 Å². The topological polar surface area (TPSA) is 70.0 Å². The van der Waals surface area contributed by atoms with Crippen molar-refractivity contribution in [1.82, 2.24) is 19.9 Å². The van der Waals surface area contributed by atoms with Gasteiger partial charge in [0, 0.05) is 41.1 Å². The van der Waals surface area contributed by atoms with Crippen molar-refractivity contribution in [1.29, 1.82) is 0 Å². The van der Waals surface area contributed by atoms with Gasteiger partial charge in [-0.2, -0.15) is 0 Å². The molecule has 5 heterocycles. The number of hydrogen-bond donors (Lipinski definition) is 0. The zero-order valence-corrected chi connectivity index (χ0v) is 26.5. The molecule has 0 radical (unpaired) electrons. The van der Waals surface area contributed by atoms with Crippen molar-refractivity contribution in [3.63, 3.8) is 0 Å². The maximum absolute atomic E-state index is 6.19. The molecule has 7 aromatic rings. The van der Waals surface area contributed by atoms with Crippen LogP contribution in [0.5, 0.6) is 0 Å². The van der Waals surface area contributed by atoms with Gasteiger partial charge in [-0.15, -0.1) is 0 Å². The Balaban J connectivity index is 0.000000201. The first-order valence-corrected chi connectivity index (χ1v) is 15.4. The van der Waals surface area contributed by atoms with E-state index in [-0.39, 0.29) is 11.2 Å². The first kappa shape index (κ1) is 28.5. The maximum Gasteiger partial charge on any atom is 0.514 e. The highest BCUT2D eigenvalue weighted by Gasteiger charge is 2.52. The second-order valence-corrected chi connectivity index (χ2v) is 12.8. The fraction of sp³-hybridized carbons (Fsp3) is 0.167. The molecule has 0 unspecified atom stereocenters. The highest BCUT2D eigenvalue weighted by molar-refractivity contribution is 9.10. The number of hydrogen-bond acceptors (Lipinski definition) is 6. The number of aromatic nitrogens is 4. The summed E-state index contributed by atoms with van der Waals surface area (Å²) in [5, 5.41) is 7.18. The average molecular weight is 641 g/mol. The molecule has 216 valence electrons. The molecule has 1 aliphatic rings. The normalized spacial score (nSPS) is 15.5. The molecule has 8 rings (SSSR count). The van der Waals surface area contributed by atoms with Crippen molar-refractivity contribution in [3.8, 4) is 11.1 Å². The molecule has 1 saturated heterocycles. The Hall–Kier alpha value is -4.24. The summed E-state index contributed by atoms with van der Waals surface area (Å²) >= 11 is 3.29. The summed E-state index contributed by atoms with van der Waals surface area (Å²) in [5.74, 6) is 0. The molecular formula is C36H30BBrN4O2. The Morgan fingerprint density at radius 3 is 1.82 bits per heavy atom. The third kappa shape index (κ3) is 5.13. The highest BCUT2D eigenvalue weighted by atomic mass is 79.9. The zero-order valence-electron chi connectivity index (χ0n) is 25.0. The minimum atomic E-state index is -0.458. The lowest BCUT2D eigenvalue weighted by atomic mass is 9.83. The molecule has 44 heavy (non-hydrogen) atoms. The first-order valence-electron chi connectivity index (χ1n) is 14.6. The van der Waals surface area contributed by atoms with Crippen molar-refractivity contribution in [2.45, 2.75) is 38.9 Å². The summed E-state index contributed by atoms with van der Waals surface area (Å²) in [6, 6.07) is 29.1. The van der Waals surface area contributed by atoms with E-state index >= 15 is 0 Å². The van der Waals surface area contributed by atoms with Gasteiger partial charge < -0.3 is 9.31 Å². The highest BCUT2D eigenvalue weighted by Crippen LogP contribution is 2.37. The first-order chi connectivity index (χ1) is 21.2. The van der Waals surface area contributed by atoms with Crippen LogP contribution in [0.15, 0.2) is 114 Å². The van der Waals surface area contributed by atoms with E-state index in [2.05, 4.69) is 107 Å². The number of nitrogens with zero attached hydrogens (tertiary/aromatic N) is 4. The van der Waals surface area contributed by atoms with Crippen molar-refractivity contribution in [2.24, 2.45) is 0 Å². The summed E-state index contributed by atoms with van der Waals surface area (Å²) in [7, 11) is -0.458. The van der Waals surface area contributed by atoms with E-state index in [0.29, 0.717) is 0 Å². The Kier molecular flexibility index (Phi) is 7.16. The van der Waals surface area contributed by atoms with Gasteiger partial charge in [-0.25, -0.2) is 4.98 Å². The molecule has 1 aliphatic heterocycles. The Labute approximate surface area is 264 Å². The van der Waals surface area contributed by atoms with Crippen LogP contribution < -0.4 is 5.59 Å². The third-order valence-corrected chi connectivity index (χ3v) is 9.17. The number of pyridine rings is 4. The van der Waals surface area contributed by atoms with E-state index in [4.69, 9.17) is 14.3 Å². The number of halogens is 1. The van der Waals surface area contributed by atoms with Gasteiger partial charge in [-0.1, -0.05) is 42.5 Å². The predicted molar refractivity (Wildman–Crippen MR) is 183 cm³/mol. The molecule has 0 spiro atoms.